The molecule has 5 rings (SSSR count). The lowest BCUT2D eigenvalue weighted by molar-refractivity contribution is 0.0342. The molecule has 158 valence electrons. The minimum Gasteiger partial charge on any atom is -0.379 e. The molecule has 1 aromatic carbocycles. The summed E-state index contributed by atoms with van der Waals surface area (Å²) >= 11 is 0. The van der Waals surface area contributed by atoms with Crippen LogP contribution in [-0.4, -0.2) is 51.1 Å². The van der Waals surface area contributed by atoms with Gasteiger partial charge in [-0.15, -0.1) is 0 Å². The number of H-pyrrole nitrogens is 2. The van der Waals surface area contributed by atoms with E-state index in [1.807, 2.05) is 18.3 Å². The first kappa shape index (κ1) is 19.7. The molecule has 0 atom stereocenters. The Hall–Kier alpha value is -3.29. The lowest BCUT2D eigenvalue weighted by atomic mass is 10.0. The fraction of sp³-hybridized carbons (Fsp3) is 0.292. The highest BCUT2D eigenvalue weighted by molar-refractivity contribution is 5.82. The molecule has 4 aromatic rings. The summed E-state index contributed by atoms with van der Waals surface area (Å²) in [7, 11) is 0. The summed E-state index contributed by atoms with van der Waals surface area (Å²) < 4.78 is 5.42. The van der Waals surface area contributed by atoms with Crippen LogP contribution in [0, 0.1) is 0 Å². The Morgan fingerprint density at radius 3 is 2.58 bits per heavy atom. The molecule has 1 aliphatic heterocycles. The molecule has 1 aliphatic rings. The van der Waals surface area contributed by atoms with Crippen LogP contribution >= 0.6 is 0 Å². The zero-order chi connectivity index (χ0) is 21.0. The summed E-state index contributed by atoms with van der Waals surface area (Å²) in [5.74, 6) is 0. The van der Waals surface area contributed by atoms with Gasteiger partial charge in [-0.05, 0) is 42.2 Å². The average molecular weight is 415 g/mol. The second kappa shape index (κ2) is 8.83. The van der Waals surface area contributed by atoms with E-state index in [4.69, 9.17) is 4.74 Å². The van der Waals surface area contributed by atoms with Gasteiger partial charge >= 0.3 is 0 Å². The van der Waals surface area contributed by atoms with Gasteiger partial charge in [0.2, 0.25) is 0 Å². The third-order valence-corrected chi connectivity index (χ3v) is 5.76. The van der Waals surface area contributed by atoms with E-state index in [-0.39, 0.29) is 5.56 Å². The van der Waals surface area contributed by atoms with Gasteiger partial charge in [0.1, 0.15) is 5.65 Å². The van der Waals surface area contributed by atoms with Crippen molar-refractivity contribution in [2.24, 2.45) is 0 Å². The molecule has 0 spiro atoms. The fourth-order valence-electron chi connectivity index (χ4n) is 3.99. The van der Waals surface area contributed by atoms with E-state index in [1.54, 1.807) is 0 Å². The van der Waals surface area contributed by atoms with Crippen LogP contribution in [0.25, 0.3) is 22.3 Å². The van der Waals surface area contributed by atoms with Crippen LogP contribution in [0.2, 0.25) is 0 Å². The molecule has 1 fully saturated rings. The van der Waals surface area contributed by atoms with Crippen molar-refractivity contribution in [3.63, 3.8) is 0 Å². The van der Waals surface area contributed by atoms with Crippen LogP contribution in [0.3, 0.4) is 0 Å². The molecule has 3 aromatic heterocycles. The van der Waals surface area contributed by atoms with Gasteiger partial charge in [0.05, 0.1) is 24.9 Å². The maximum Gasteiger partial charge on any atom is 0.260 e. The molecule has 0 amide bonds. The van der Waals surface area contributed by atoms with E-state index in [9.17, 15) is 4.79 Å². The van der Waals surface area contributed by atoms with Gasteiger partial charge in [-0.2, -0.15) is 0 Å². The number of nitrogens with zero attached hydrogens (tertiary/aromatic N) is 3. The Bertz CT molecular complexity index is 1220. The second-order valence-electron chi connectivity index (χ2n) is 7.92. The van der Waals surface area contributed by atoms with E-state index >= 15 is 0 Å². The van der Waals surface area contributed by atoms with Crippen LogP contribution in [0.4, 0.5) is 0 Å². The maximum absolute atomic E-state index is 11.9. The highest BCUT2D eigenvalue weighted by Crippen LogP contribution is 2.22. The van der Waals surface area contributed by atoms with E-state index in [0.717, 1.165) is 62.6 Å². The Morgan fingerprint density at radius 2 is 1.77 bits per heavy atom. The van der Waals surface area contributed by atoms with Crippen LogP contribution in [-0.2, 0) is 24.1 Å². The molecule has 0 radical (unpaired) electrons. The quantitative estimate of drug-likeness (QED) is 0.506. The number of rotatable bonds is 6. The van der Waals surface area contributed by atoms with Gasteiger partial charge < -0.3 is 14.7 Å². The number of pyridine rings is 1. The highest BCUT2D eigenvalue weighted by Gasteiger charge is 2.11. The molecule has 7 heteroatoms. The first-order valence-corrected chi connectivity index (χ1v) is 10.6. The minimum absolute atomic E-state index is 0.140. The average Bonchev–Trinajstić information content (AvgIpc) is 3.26. The van der Waals surface area contributed by atoms with Gasteiger partial charge in [0.15, 0.2) is 0 Å². The molecule has 31 heavy (non-hydrogen) atoms. The molecule has 0 bridgehead atoms. The van der Waals surface area contributed by atoms with Gasteiger partial charge in [-0.1, -0.05) is 24.3 Å². The summed E-state index contributed by atoms with van der Waals surface area (Å²) in [5.41, 5.74) is 5.99. The van der Waals surface area contributed by atoms with Crippen LogP contribution < -0.4 is 5.56 Å². The van der Waals surface area contributed by atoms with Crippen LogP contribution in [0.1, 0.15) is 16.8 Å². The predicted octanol–water partition coefficient (Wildman–Crippen LogP) is 2.93. The number of nitrogens with one attached hydrogen (secondary N) is 2. The molecule has 0 saturated carbocycles. The summed E-state index contributed by atoms with van der Waals surface area (Å²) in [4.78, 5) is 28.9. The standard InChI is InChI=1S/C24H25N5O2/c30-24-21-14-22(28-23(21)26-16-27-24)19-7-8-25-20(13-19)6-5-17-1-3-18(4-2-17)15-29-9-11-31-12-10-29/h1-4,7-8,13-14,16H,5-6,9-12,15H2,(H2,26,27,28,30). The van der Waals surface area contributed by atoms with Crippen molar-refractivity contribution in [2.45, 2.75) is 19.4 Å². The molecule has 7 nitrogen and oxygen atoms in total. The number of morpholine rings is 1. The number of benzene rings is 1. The Labute approximate surface area is 180 Å². The molecular formula is C24H25N5O2. The number of aromatic nitrogens is 4. The van der Waals surface area contributed by atoms with E-state index in [0.29, 0.717) is 11.0 Å². The molecule has 4 heterocycles. The topological polar surface area (TPSA) is 86.9 Å². The molecule has 0 unspecified atom stereocenters. The maximum atomic E-state index is 11.9. The normalized spacial score (nSPS) is 14.8. The first-order chi connectivity index (χ1) is 15.2. The Kier molecular flexibility index (Phi) is 5.60. The number of fused-ring (bicyclic) bond motifs is 1. The number of hydrogen-bond acceptors (Lipinski definition) is 5. The van der Waals surface area contributed by atoms with Gasteiger partial charge in [-0.3, -0.25) is 14.7 Å². The SMILES string of the molecule is O=c1[nH]cnc2[nH]c(-c3ccnc(CCc4ccc(CN5CCOCC5)cc4)c3)cc12. The van der Waals surface area contributed by atoms with Crippen LogP contribution in [0.15, 0.2) is 59.8 Å². The third kappa shape index (κ3) is 4.57. The summed E-state index contributed by atoms with van der Waals surface area (Å²) in [6.45, 7) is 4.65. The summed E-state index contributed by atoms with van der Waals surface area (Å²) in [6.07, 6.45) is 5.02. The fourth-order valence-corrected chi connectivity index (χ4v) is 3.99. The zero-order valence-electron chi connectivity index (χ0n) is 17.3. The predicted molar refractivity (Wildman–Crippen MR) is 120 cm³/mol. The zero-order valence-corrected chi connectivity index (χ0v) is 17.3. The Morgan fingerprint density at radius 1 is 0.968 bits per heavy atom. The van der Waals surface area contributed by atoms with E-state index in [2.05, 4.69) is 55.2 Å². The third-order valence-electron chi connectivity index (χ3n) is 5.76. The monoisotopic (exact) mass is 415 g/mol. The largest absolute Gasteiger partial charge is 0.379 e. The second-order valence-corrected chi connectivity index (χ2v) is 7.92. The van der Waals surface area contributed by atoms with Crippen molar-refractivity contribution in [2.75, 3.05) is 26.3 Å². The molecule has 1 saturated heterocycles. The minimum atomic E-state index is -0.140. The van der Waals surface area contributed by atoms with Crippen molar-refractivity contribution in [3.05, 3.63) is 82.2 Å². The van der Waals surface area contributed by atoms with Crippen molar-refractivity contribution < 1.29 is 4.74 Å². The summed E-state index contributed by atoms with van der Waals surface area (Å²) in [5, 5.41) is 0.563. The number of ether oxygens (including phenoxy) is 1. The van der Waals surface area contributed by atoms with E-state index in [1.165, 1.54) is 17.5 Å². The van der Waals surface area contributed by atoms with Gasteiger partial charge in [0.25, 0.3) is 5.56 Å². The number of aromatic amines is 2. The van der Waals surface area contributed by atoms with Crippen molar-refractivity contribution in [1.29, 1.82) is 0 Å². The number of aryl methyl sites for hydroxylation is 2. The number of hydrogen-bond donors (Lipinski definition) is 2. The molecule has 0 aliphatic carbocycles. The Balaban J connectivity index is 1.24. The highest BCUT2D eigenvalue weighted by atomic mass is 16.5. The van der Waals surface area contributed by atoms with Gasteiger partial charge in [0, 0.05) is 42.8 Å². The lowest BCUT2D eigenvalue weighted by Crippen LogP contribution is -2.35. The summed E-state index contributed by atoms with van der Waals surface area (Å²) in [6, 6.07) is 14.7. The smallest absolute Gasteiger partial charge is 0.260 e. The first-order valence-electron chi connectivity index (χ1n) is 10.6. The molecule has 2 N–H and O–H groups in total. The van der Waals surface area contributed by atoms with Crippen LogP contribution in [0.5, 0.6) is 0 Å². The lowest BCUT2D eigenvalue weighted by Gasteiger charge is -2.26. The van der Waals surface area contributed by atoms with E-state index < -0.39 is 0 Å². The van der Waals surface area contributed by atoms with Gasteiger partial charge in [-0.25, -0.2) is 4.98 Å². The van der Waals surface area contributed by atoms with Crippen molar-refractivity contribution in [3.8, 4) is 11.3 Å². The molecular weight excluding hydrogens is 390 g/mol. The van der Waals surface area contributed by atoms with Crippen molar-refractivity contribution in [1.82, 2.24) is 24.8 Å². The van der Waals surface area contributed by atoms with Crippen molar-refractivity contribution >= 4 is 11.0 Å².